The molecule has 28 heavy (non-hydrogen) atoms. The highest BCUT2D eigenvalue weighted by molar-refractivity contribution is 5.81. The van der Waals surface area contributed by atoms with Crippen LogP contribution in [0.1, 0.15) is 12.8 Å². The second-order valence-electron chi connectivity index (χ2n) is 6.61. The minimum atomic E-state index is -0.493. The molecule has 0 bridgehead atoms. The minimum absolute atomic E-state index is 0.0893. The summed E-state index contributed by atoms with van der Waals surface area (Å²) in [6.45, 7) is 1.30. The predicted molar refractivity (Wildman–Crippen MR) is 104 cm³/mol. The Labute approximate surface area is 160 Å². The molecule has 1 fully saturated rings. The Morgan fingerprint density at radius 3 is 2.61 bits per heavy atom. The molecule has 0 aliphatic carbocycles. The second kappa shape index (κ2) is 7.55. The van der Waals surface area contributed by atoms with Crippen molar-refractivity contribution in [3.8, 4) is 0 Å². The maximum Gasteiger partial charge on any atom is 0.298 e. The van der Waals surface area contributed by atoms with Gasteiger partial charge < -0.3 is 9.32 Å². The molecule has 2 aromatic carbocycles. The van der Waals surface area contributed by atoms with Crippen LogP contribution in [-0.2, 0) is 4.79 Å². The number of hydrazine groups is 1. The zero-order valence-corrected chi connectivity index (χ0v) is 15.0. The fourth-order valence-corrected chi connectivity index (χ4v) is 3.30. The highest BCUT2D eigenvalue weighted by Crippen LogP contribution is 2.27. The van der Waals surface area contributed by atoms with Crippen LogP contribution in [0, 0.1) is 16.0 Å². The average Bonchev–Trinajstić information content (AvgIpc) is 3.16. The van der Waals surface area contributed by atoms with Gasteiger partial charge in [0.1, 0.15) is 11.2 Å². The van der Waals surface area contributed by atoms with Crippen LogP contribution >= 0.6 is 0 Å². The molecule has 2 heterocycles. The van der Waals surface area contributed by atoms with Crippen molar-refractivity contribution in [1.82, 2.24) is 10.4 Å². The fourth-order valence-electron chi connectivity index (χ4n) is 3.30. The van der Waals surface area contributed by atoms with Gasteiger partial charge in [0.2, 0.25) is 5.91 Å². The molecule has 0 spiro atoms. The van der Waals surface area contributed by atoms with Crippen LogP contribution < -0.4 is 15.8 Å². The van der Waals surface area contributed by atoms with Crippen LogP contribution in [0.2, 0.25) is 0 Å². The van der Waals surface area contributed by atoms with Gasteiger partial charge in [-0.15, -0.1) is 0 Å². The van der Waals surface area contributed by atoms with Crippen molar-refractivity contribution in [3.05, 3.63) is 58.6 Å². The lowest BCUT2D eigenvalue weighted by Gasteiger charge is -2.30. The van der Waals surface area contributed by atoms with Gasteiger partial charge in [0.25, 0.3) is 11.7 Å². The van der Waals surface area contributed by atoms with E-state index < -0.39 is 4.92 Å². The molecule has 3 aromatic rings. The molecule has 9 nitrogen and oxygen atoms in total. The molecule has 1 aliphatic heterocycles. The molecular formula is C19H19N5O4. The van der Waals surface area contributed by atoms with E-state index in [4.69, 9.17) is 4.42 Å². The van der Waals surface area contributed by atoms with E-state index in [1.807, 2.05) is 29.2 Å². The normalized spacial score (nSPS) is 14.8. The topological polar surface area (TPSA) is 114 Å². The molecule has 1 aliphatic rings. The van der Waals surface area contributed by atoms with Crippen molar-refractivity contribution in [2.75, 3.05) is 23.4 Å². The van der Waals surface area contributed by atoms with E-state index in [2.05, 4.69) is 15.8 Å². The molecule has 0 radical (unpaired) electrons. The zero-order chi connectivity index (χ0) is 19.5. The zero-order valence-electron chi connectivity index (χ0n) is 15.0. The molecule has 144 valence electrons. The summed E-state index contributed by atoms with van der Waals surface area (Å²) in [5, 5.41) is 11.0. The Morgan fingerprint density at radius 2 is 1.86 bits per heavy atom. The minimum Gasteiger partial charge on any atom is -0.423 e. The molecule has 1 saturated heterocycles. The van der Waals surface area contributed by atoms with Crippen molar-refractivity contribution >= 4 is 34.4 Å². The summed E-state index contributed by atoms with van der Waals surface area (Å²) < 4.78 is 5.78. The Bertz CT molecular complexity index is 977. The van der Waals surface area contributed by atoms with Gasteiger partial charge in [0.05, 0.1) is 4.92 Å². The van der Waals surface area contributed by atoms with Gasteiger partial charge in [-0.1, -0.05) is 24.3 Å². The summed E-state index contributed by atoms with van der Waals surface area (Å²) in [5.74, 6) is -0.369. The third-order valence-corrected chi connectivity index (χ3v) is 4.84. The third kappa shape index (κ3) is 3.59. The maximum atomic E-state index is 12.4. The van der Waals surface area contributed by atoms with Gasteiger partial charge in [-0.25, -0.2) is 0 Å². The maximum absolute atomic E-state index is 12.4. The number of anilines is 2. The van der Waals surface area contributed by atoms with E-state index in [9.17, 15) is 14.9 Å². The highest BCUT2D eigenvalue weighted by atomic mass is 16.6. The number of hydrogen-bond acceptors (Lipinski definition) is 7. The van der Waals surface area contributed by atoms with Crippen LogP contribution in [0.15, 0.2) is 52.9 Å². The number of amides is 1. The van der Waals surface area contributed by atoms with Crippen LogP contribution in [0.25, 0.3) is 11.1 Å². The largest absolute Gasteiger partial charge is 0.423 e. The van der Waals surface area contributed by atoms with E-state index >= 15 is 0 Å². The van der Waals surface area contributed by atoms with Gasteiger partial charge in [-0.05, 0) is 31.0 Å². The Hall–Kier alpha value is -3.62. The lowest BCUT2D eigenvalue weighted by atomic mass is 9.96. The third-order valence-electron chi connectivity index (χ3n) is 4.84. The first kappa shape index (κ1) is 17.8. The van der Waals surface area contributed by atoms with Crippen LogP contribution in [0.5, 0.6) is 0 Å². The van der Waals surface area contributed by atoms with Gasteiger partial charge >= 0.3 is 0 Å². The summed E-state index contributed by atoms with van der Waals surface area (Å²) in [4.78, 5) is 29.5. The molecule has 0 unspecified atom stereocenters. The molecule has 1 aromatic heterocycles. The van der Waals surface area contributed by atoms with Gasteiger partial charge in [0, 0.05) is 25.1 Å². The number of hydrogen-bond donors (Lipinski definition) is 2. The summed E-state index contributed by atoms with van der Waals surface area (Å²) in [6.07, 6.45) is 1.28. The van der Waals surface area contributed by atoms with E-state index in [1.54, 1.807) is 18.2 Å². The molecule has 4 rings (SSSR count). The number of nitro benzene ring substituents is 1. The monoisotopic (exact) mass is 381 g/mol. The average molecular weight is 381 g/mol. The van der Waals surface area contributed by atoms with Gasteiger partial charge in [0.15, 0.2) is 5.58 Å². The van der Waals surface area contributed by atoms with E-state index in [-0.39, 0.29) is 23.2 Å². The number of carbonyl (C=O) groups excluding carboxylic acids is 1. The molecule has 0 saturated carbocycles. The molecule has 0 atom stereocenters. The number of para-hydroxylation sites is 4. The lowest BCUT2D eigenvalue weighted by molar-refractivity contribution is -0.384. The second-order valence-corrected chi connectivity index (χ2v) is 6.61. The first-order valence-corrected chi connectivity index (χ1v) is 9.01. The Kier molecular flexibility index (Phi) is 4.79. The Morgan fingerprint density at radius 1 is 1.14 bits per heavy atom. The van der Waals surface area contributed by atoms with Crippen molar-refractivity contribution in [3.63, 3.8) is 0 Å². The van der Waals surface area contributed by atoms with Crippen molar-refractivity contribution in [1.29, 1.82) is 0 Å². The van der Waals surface area contributed by atoms with Gasteiger partial charge in [-0.2, -0.15) is 4.98 Å². The van der Waals surface area contributed by atoms with Gasteiger partial charge in [-0.3, -0.25) is 25.8 Å². The van der Waals surface area contributed by atoms with E-state index in [0.29, 0.717) is 31.9 Å². The van der Waals surface area contributed by atoms with Crippen LogP contribution in [-0.4, -0.2) is 28.9 Å². The molecule has 9 heteroatoms. The molecule has 1 amide bonds. The van der Waals surface area contributed by atoms with Crippen molar-refractivity contribution in [2.45, 2.75) is 12.8 Å². The van der Waals surface area contributed by atoms with Crippen molar-refractivity contribution in [2.24, 2.45) is 5.92 Å². The number of piperidine rings is 1. The number of nitro groups is 1. The van der Waals surface area contributed by atoms with E-state index in [0.717, 1.165) is 11.1 Å². The number of nitrogens with one attached hydrogen (secondary N) is 2. The van der Waals surface area contributed by atoms with Crippen molar-refractivity contribution < 1.29 is 14.1 Å². The number of nitrogens with zero attached hydrogens (tertiary/aromatic N) is 3. The predicted octanol–water partition coefficient (Wildman–Crippen LogP) is 3.10. The Balaban J connectivity index is 1.33. The molecular weight excluding hydrogens is 362 g/mol. The summed E-state index contributed by atoms with van der Waals surface area (Å²) in [6, 6.07) is 14.3. The highest BCUT2D eigenvalue weighted by Gasteiger charge is 2.27. The van der Waals surface area contributed by atoms with Crippen LogP contribution in [0.3, 0.4) is 0 Å². The van der Waals surface area contributed by atoms with E-state index in [1.165, 1.54) is 6.07 Å². The number of oxazole rings is 1. The smallest absolute Gasteiger partial charge is 0.298 e. The number of rotatable bonds is 5. The number of benzene rings is 2. The summed E-state index contributed by atoms with van der Waals surface area (Å²) in [7, 11) is 0. The summed E-state index contributed by atoms with van der Waals surface area (Å²) in [5.41, 5.74) is 6.97. The molecule has 2 N–H and O–H groups in total. The first-order chi connectivity index (χ1) is 13.6. The quantitative estimate of drug-likeness (QED) is 0.516. The van der Waals surface area contributed by atoms with Crippen LogP contribution in [0.4, 0.5) is 17.4 Å². The number of fused-ring (bicyclic) bond motifs is 1. The number of aromatic nitrogens is 1. The SMILES string of the molecule is O=C(NNc1ccccc1[N+](=O)[O-])C1CCN(c2nc3ccccc3o2)CC1. The lowest BCUT2D eigenvalue weighted by Crippen LogP contribution is -2.42. The number of carbonyl (C=O) groups is 1. The summed E-state index contributed by atoms with van der Waals surface area (Å²) >= 11 is 0. The first-order valence-electron chi connectivity index (χ1n) is 9.01. The standard InChI is InChI=1S/C19H19N5O4/c25-18(22-21-14-5-1-3-7-16(14)24(26)27)13-9-11-23(12-10-13)19-20-15-6-2-4-8-17(15)28-19/h1-8,13,21H,9-12H2,(H,22,25). The fraction of sp³-hybridized carbons (Fsp3) is 0.263.